The highest BCUT2D eigenvalue weighted by molar-refractivity contribution is 7.22. The van der Waals surface area contributed by atoms with E-state index >= 15 is 0 Å². The van der Waals surface area contributed by atoms with Gasteiger partial charge in [0.05, 0.1) is 49.8 Å². The maximum atomic E-state index is 13.5. The largest absolute Gasteiger partial charge is 0.507 e. The minimum atomic E-state index is -0.973. The van der Waals surface area contributed by atoms with Crippen molar-refractivity contribution in [1.29, 1.82) is 0 Å². The molecule has 4 aromatic rings. The summed E-state index contributed by atoms with van der Waals surface area (Å²) in [5.41, 5.74) is 1.50. The molecule has 0 aliphatic carbocycles. The van der Waals surface area contributed by atoms with Crippen molar-refractivity contribution in [2.45, 2.75) is 13.0 Å². The highest BCUT2D eigenvalue weighted by atomic mass is 32.1. The number of thiazole rings is 1. The fourth-order valence-electron chi connectivity index (χ4n) is 4.52. The fraction of sp³-hybridized carbons (Fsp3) is 0.207. The SMILES string of the molecule is CCOc1ccc(C(O)=C2C(=O)C(=O)N(c3nc4ccc(OC)cc4s3)C2c2ccc(OC)c(OC)c2)cc1. The van der Waals surface area contributed by atoms with Crippen LogP contribution in [0.3, 0.4) is 0 Å². The number of hydrogen-bond donors (Lipinski definition) is 1. The number of carbonyl (C=O) groups excluding carboxylic acids is 2. The Balaban J connectivity index is 1.70. The molecule has 1 N–H and O–H groups in total. The van der Waals surface area contributed by atoms with Crippen molar-refractivity contribution in [1.82, 2.24) is 4.98 Å². The van der Waals surface area contributed by atoms with E-state index in [-0.39, 0.29) is 11.3 Å². The first-order valence-electron chi connectivity index (χ1n) is 12.1. The predicted molar refractivity (Wildman–Crippen MR) is 148 cm³/mol. The number of aliphatic hydroxyl groups excluding tert-OH is 1. The summed E-state index contributed by atoms with van der Waals surface area (Å²) in [5, 5.41) is 11.7. The third kappa shape index (κ3) is 4.63. The summed E-state index contributed by atoms with van der Waals surface area (Å²) in [6.45, 7) is 2.36. The zero-order valence-electron chi connectivity index (χ0n) is 21.8. The summed E-state index contributed by atoms with van der Waals surface area (Å²) in [6.07, 6.45) is 0. The minimum absolute atomic E-state index is 0.0618. The molecule has 0 radical (unpaired) electrons. The zero-order chi connectivity index (χ0) is 27.7. The number of aliphatic hydroxyl groups is 1. The second kappa shape index (κ2) is 10.7. The Morgan fingerprint density at radius 1 is 0.923 bits per heavy atom. The number of aromatic nitrogens is 1. The van der Waals surface area contributed by atoms with Crippen LogP contribution in [0.5, 0.6) is 23.0 Å². The molecule has 1 atom stereocenters. The van der Waals surface area contributed by atoms with E-state index in [0.717, 1.165) is 4.70 Å². The van der Waals surface area contributed by atoms with Crippen molar-refractivity contribution in [2.75, 3.05) is 32.8 Å². The number of ether oxygens (including phenoxy) is 4. The number of benzene rings is 3. The van der Waals surface area contributed by atoms with Gasteiger partial charge in [0.25, 0.3) is 5.78 Å². The van der Waals surface area contributed by atoms with E-state index in [1.165, 1.54) is 30.5 Å². The van der Waals surface area contributed by atoms with Gasteiger partial charge in [-0.05, 0) is 67.1 Å². The second-order valence-electron chi connectivity index (χ2n) is 8.57. The zero-order valence-corrected chi connectivity index (χ0v) is 22.6. The Morgan fingerprint density at radius 2 is 1.64 bits per heavy atom. The number of carbonyl (C=O) groups is 2. The monoisotopic (exact) mass is 546 g/mol. The topological polar surface area (TPSA) is 107 Å². The number of anilines is 1. The number of nitrogens with zero attached hydrogens (tertiary/aromatic N) is 2. The van der Waals surface area contributed by atoms with Crippen LogP contribution in [0.4, 0.5) is 5.13 Å². The van der Waals surface area contributed by atoms with Gasteiger partial charge in [-0.2, -0.15) is 0 Å². The van der Waals surface area contributed by atoms with Crippen LogP contribution in [0.25, 0.3) is 16.0 Å². The van der Waals surface area contributed by atoms with E-state index in [2.05, 4.69) is 4.98 Å². The lowest BCUT2D eigenvalue weighted by Gasteiger charge is -2.23. The Kier molecular flexibility index (Phi) is 7.12. The van der Waals surface area contributed by atoms with Crippen molar-refractivity contribution < 1.29 is 33.6 Å². The fourth-order valence-corrected chi connectivity index (χ4v) is 5.54. The molecule has 1 amide bonds. The van der Waals surface area contributed by atoms with E-state index in [1.807, 2.05) is 13.0 Å². The van der Waals surface area contributed by atoms with Crippen LogP contribution in [-0.2, 0) is 9.59 Å². The smallest absolute Gasteiger partial charge is 0.301 e. The first kappa shape index (κ1) is 26.1. The van der Waals surface area contributed by atoms with E-state index in [9.17, 15) is 14.7 Å². The van der Waals surface area contributed by atoms with Gasteiger partial charge in [-0.15, -0.1) is 0 Å². The quantitative estimate of drug-likeness (QED) is 0.179. The van der Waals surface area contributed by atoms with Crippen molar-refractivity contribution in [2.24, 2.45) is 0 Å². The van der Waals surface area contributed by atoms with Gasteiger partial charge in [0.1, 0.15) is 17.3 Å². The molecule has 9 nitrogen and oxygen atoms in total. The number of fused-ring (bicyclic) bond motifs is 1. The molecule has 0 saturated carbocycles. The molecular formula is C29H26N2O7S. The van der Waals surface area contributed by atoms with Crippen molar-refractivity contribution in [3.8, 4) is 23.0 Å². The van der Waals surface area contributed by atoms with Gasteiger partial charge in [-0.3, -0.25) is 14.5 Å². The number of amides is 1. The van der Waals surface area contributed by atoms with Crippen LogP contribution in [-0.4, -0.2) is 49.7 Å². The molecule has 5 rings (SSSR count). The maximum absolute atomic E-state index is 13.5. The molecule has 200 valence electrons. The van der Waals surface area contributed by atoms with E-state index in [4.69, 9.17) is 18.9 Å². The summed E-state index contributed by atoms with van der Waals surface area (Å²) < 4.78 is 22.5. The van der Waals surface area contributed by atoms with E-state index in [1.54, 1.807) is 61.7 Å². The van der Waals surface area contributed by atoms with Gasteiger partial charge in [0, 0.05) is 5.56 Å². The highest BCUT2D eigenvalue weighted by Gasteiger charge is 2.48. The van der Waals surface area contributed by atoms with Gasteiger partial charge in [0.2, 0.25) is 0 Å². The summed E-state index contributed by atoms with van der Waals surface area (Å²) in [4.78, 5) is 33.0. The predicted octanol–water partition coefficient (Wildman–Crippen LogP) is 5.35. The number of rotatable bonds is 8. The Labute approximate surface area is 228 Å². The second-order valence-corrected chi connectivity index (χ2v) is 9.58. The van der Waals surface area contributed by atoms with Gasteiger partial charge in [-0.25, -0.2) is 4.98 Å². The van der Waals surface area contributed by atoms with Crippen molar-refractivity contribution in [3.63, 3.8) is 0 Å². The molecule has 1 unspecified atom stereocenters. The summed E-state index contributed by atoms with van der Waals surface area (Å²) in [5.74, 6) is 0.239. The molecule has 1 aliphatic rings. The summed E-state index contributed by atoms with van der Waals surface area (Å²) >= 11 is 1.25. The number of hydrogen-bond acceptors (Lipinski definition) is 9. The lowest BCUT2D eigenvalue weighted by molar-refractivity contribution is -0.132. The average Bonchev–Trinajstić information content (AvgIpc) is 3.50. The molecule has 1 fully saturated rings. The Hall–Kier alpha value is -4.57. The molecule has 2 heterocycles. The first-order chi connectivity index (χ1) is 18.9. The van der Waals surface area contributed by atoms with Gasteiger partial charge >= 0.3 is 5.91 Å². The van der Waals surface area contributed by atoms with Crippen LogP contribution in [0.1, 0.15) is 24.1 Å². The summed E-state index contributed by atoms with van der Waals surface area (Å²) in [6, 6.07) is 16.2. The normalized spacial score (nSPS) is 16.5. The minimum Gasteiger partial charge on any atom is -0.507 e. The third-order valence-electron chi connectivity index (χ3n) is 6.40. The molecule has 0 spiro atoms. The van der Waals surface area contributed by atoms with Crippen LogP contribution >= 0.6 is 11.3 Å². The average molecular weight is 547 g/mol. The van der Waals surface area contributed by atoms with Crippen LogP contribution in [0.2, 0.25) is 0 Å². The van der Waals surface area contributed by atoms with Gasteiger partial charge in [-0.1, -0.05) is 17.4 Å². The molecular weight excluding hydrogens is 520 g/mol. The first-order valence-corrected chi connectivity index (χ1v) is 12.9. The lowest BCUT2D eigenvalue weighted by atomic mass is 9.95. The molecule has 1 aliphatic heterocycles. The lowest BCUT2D eigenvalue weighted by Crippen LogP contribution is -2.29. The third-order valence-corrected chi connectivity index (χ3v) is 7.41. The van der Waals surface area contributed by atoms with Crippen molar-refractivity contribution in [3.05, 3.63) is 77.4 Å². The Bertz CT molecular complexity index is 1590. The Morgan fingerprint density at radius 3 is 2.31 bits per heavy atom. The number of ketones is 1. The maximum Gasteiger partial charge on any atom is 0.301 e. The molecule has 3 aromatic carbocycles. The molecule has 1 aromatic heterocycles. The van der Waals surface area contributed by atoms with Crippen LogP contribution in [0, 0.1) is 0 Å². The van der Waals surface area contributed by atoms with E-state index < -0.39 is 17.7 Å². The highest BCUT2D eigenvalue weighted by Crippen LogP contribution is 2.46. The van der Waals surface area contributed by atoms with Crippen LogP contribution in [0.15, 0.2) is 66.2 Å². The standard InChI is InChI=1S/C29H26N2O7S/c1-5-38-18-9-6-16(7-10-18)26(32)24-25(17-8-13-21(36-3)22(14-17)37-4)31(28(34)27(24)33)29-30-20-12-11-19(35-2)15-23(20)39-29/h6-15,25,32H,5H2,1-4H3. The van der Waals surface area contributed by atoms with Crippen LogP contribution < -0.4 is 23.8 Å². The van der Waals surface area contributed by atoms with Gasteiger partial charge in [0.15, 0.2) is 16.6 Å². The number of methoxy groups -OCH3 is 3. The van der Waals surface area contributed by atoms with Gasteiger partial charge < -0.3 is 24.1 Å². The molecule has 39 heavy (non-hydrogen) atoms. The molecule has 0 bridgehead atoms. The number of Topliss-reactive ketones (excluding diaryl/α,β-unsaturated/α-hetero) is 1. The van der Waals surface area contributed by atoms with E-state index in [0.29, 0.717) is 51.4 Å². The molecule has 1 saturated heterocycles. The molecule has 10 heteroatoms. The van der Waals surface area contributed by atoms with Crippen molar-refractivity contribution >= 4 is 44.1 Å². The summed E-state index contributed by atoms with van der Waals surface area (Å²) in [7, 11) is 4.59.